The summed E-state index contributed by atoms with van der Waals surface area (Å²) in [5.74, 6) is 0.760. The van der Waals surface area contributed by atoms with Gasteiger partial charge in [-0.2, -0.15) is 5.10 Å². The van der Waals surface area contributed by atoms with Crippen LogP contribution in [-0.4, -0.2) is 48.3 Å². The monoisotopic (exact) mass is 337 g/mol. The Morgan fingerprint density at radius 1 is 1.28 bits per heavy atom. The smallest absolute Gasteiger partial charge is 0.180 e. The number of ketones is 1. The predicted octanol–water partition coefficient (Wildman–Crippen LogP) is 0.994. The number of anilines is 1. The van der Waals surface area contributed by atoms with E-state index in [1.165, 1.54) is 4.68 Å². The number of aliphatic hydroxyl groups is 1. The molecule has 9 nitrogen and oxygen atoms in total. The molecular formula is C16H15N7O2. The van der Waals surface area contributed by atoms with E-state index in [4.69, 9.17) is 10.8 Å². The summed E-state index contributed by atoms with van der Waals surface area (Å²) in [5, 5.41) is 17.5. The summed E-state index contributed by atoms with van der Waals surface area (Å²) in [5.41, 5.74) is 8.53. The first kappa shape index (κ1) is 15.2. The van der Waals surface area contributed by atoms with E-state index in [0.29, 0.717) is 35.0 Å². The number of rotatable bonds is 4. The SMILES string of the molecule is Nc1nn(-c2nccc3c2N=CCC3=O)cc1-c1cnn(CCO)c1. The topological polar surface area (TPSA) is 124 Å². The van der Waals surface area contributed by atoms with Crippen LogP contribution in [0.15, 0.2) is 35.8 Å². The van der Waals surface area contributed by atoms with E-state index >= 15 is 0 Å². The third kappa shape index (κ3) is 2.60. The maximum atomic E-state index is 12.0. The largest absolute Gasteiger partial charge is 0.394 e. The fourth-order valence-electron chi connectivity index (χ4n) is 2.74. The number of nitrogens with two attached hydrogens (primary N) is 1. The number of hydrogen-bond donors (Lipinski definition) is 2. The van der Waals surface area contributed by atoms with Gasteiger partial charge in [-0.15, -0.1) is 5.10 Å². The molecule has 0 radical (unpaired) electrons. The van der Waals surface area contributed by atoms with Crippen molar-refractivity contribution in [3.8, 4) is 16.9 Å². The molecule has 0 fully saturated rings. The van der Waals surface area contributed by atoms with Crippen LogP contribution in [0.1, 0.15) is 16.8 Å². The molecule has 0 amide bonds. The van der Waals surface area contributed by atoms with Crippen molar-refractivity contribution < 1.29 is 9.90 Å². The van der Waals surface area contributed by atoms with Crippen LogP contribution >= 0.6 is 0 Å². The number of fused-ring (bicyclic) bond motifs is 1. The number of Topliss-reactive ketones (excluding diaryl/α,β-unsaturated/α-hetero) is 1. The maximum absolute atomic E-state index is 12.0. The van der Waals surface area contributed by atoms with Crippen LogP contribution in [0.5, 0.6) is 0 Å². The molecule has 0 bridgehead atoms. The second-order valence-corrected chi connectivity index (χ2v) is 5.56. The molecule has 3 N–H and O–H groups in total. The quantitative estimate of drug-likeness (QED) is 0.731. The Hall–Kier alpha value is -3.33. The Morgan fingerprint density at radius 3 is 3.00 bits per heavy atom. The molecule has 1 aliphatic heterocycles. The van der Waals surface area contributed by atoms with Gasteiger partial charge in [-0.05, 0) is 6.07 Å². The van der Waals surface area contributed by atoms with Gasteiger partial charge in [0.05, 0.1) is 19.3 Å². The first-order chi connectivity index (χ1) is 12.2. The molecule has 0 unspecified atom stereocenters. The molecule has 0 atom stereocenters. The number of nitrogen functional groups attached to an aromatic ring is 1. The van der Waals surface area contributed by atoms with Crippen LogP contribution in [0, 0.1) is 0 Å². The third-order valence-corrected chi connectivity index (χ3v) is 3.94. The lowest BCUT2D eigenvalue weighted by atomic mass is 10.1. The molecule has 0 saturated heterocycles. The highest BCUT2D eigenvalue weighted by Crippen LogP contribution is 2.32. The van der Waals surface area contributed by atoms with Gasteiger partial charge in [0, 0.05) is 47.9 Å². The summed E-state index contributed by atoms with van der Waals surface area (Å²) in [7, 11) is 0. The van der Waals surface area contributed by atoms with Crippen molar-refractivity contribution in [3.63, 3.8) is 0 Å². The summed E-state index contributed by atoms with van der Waals surface area (Å²) in [6.45, 7) is 0.403. The van der Waals surface area contributed by atoms with Gasteiger partial charge >= 0.3 is 0 Å². The first-order valence-electron chi connectivity index (χ1n) is 7.71. The van der Waals surface area contributed by atoms with Gasteiger partial charge < -0.3 is 10.8 Å². The highest BCUT2D eigenvalue weighted by molar-refractivity contribution is 6.10. The van der Waals surface area contributed by atoms with Gasteiger partial charge in [0.25, 0.3) is 0 Å². The summed E-state index contributed by atoms with van der Waals surface area (Å²) < 4.78 is 3.14. The summed E-state index contributed by atoms with van der Waals surface area (Å²) in [6.07, 6.45) is 8.58. The molecular weight excluding hydrogens is 322 g/mol. The van der Waals surface area contributed by atoms with Crippen LogP contribution in [0.25, 0.3) is 16.9 Å². The van der Waals surface area contributed by atoms with Gasteiger partial charge in [-0.1, -0.05) is 0 Å². The van der Waals surface area contributed by atoms with E-state index in [-0.39, 0.29) is 18.8 Å². The zero-order valence-electron chi connectivity index (χ0n) is 13.2. The number of hydrogen-bond acceptors (Lipinski definition) is 7. The molecule has 1 aliphatic rings. The fraction of sp³-hybridized carbons (Fsp3) is 0.188. The minimum absolute atomic E-state index is 0.000665. The van der Waals surface area contributed by atoms with Crippen molar-refractivity contribution in [3.05, 3.63) is 36.4 Å². The third-order valence-electron chi connectivity index (χ3n) is 3.94. The molecule has 3 aromatic rings. The molecule has 4 rings (SSSR count). The van der Waals surface area contributed by atoms with Crippen LogP contribution in [0.3, 0.4) is 0 Å². The highest BCUT2D eigenvalue weighted by Gasteiger charge is 2.21. The average molecular weight is 337 g/mol. The lowest BCUT2D eigenvalue weighted by molar-refractivity contribution is 0.100. The number of carbonyl (C=O) groups excluding carboxylic acids is 1. The standard InChI is InChI=1S/C16H15N7O2/c17-15-12(10-7-20-22(8-10)5-6-24)9-23(21-15)16-14-11(1-3-19-16)13(25)2-4-18-14/h1,3-4,7-9,24H,2,5-6H2,(H2,17,21). The van der Waals surface area contributed by atoms with E-state index in [2.05, 4.69) is 20.2 Å². The molecule has 0 aromatic carbocycles. The predicted molar refractivity (Wildman–Crippen MR) is 91.2 cm³/mol. The number of carbonyl (C=O) groups is 1. The normalized spacial score (nSPS) is 13.2. The number of nitrogens with zero attached hydrogens (tertiary/aromatic N) is 6. The van der Waals surface area contributed by atoms with Crippen molar-refractivity contribution >= 4 is 23.5 Å². The Morgan fingerprint density at radius 2 is 2.16 bits per heavy atom. The molecule has 25 heavy (non-hydrogen) atoms. The number of aliphatic hydroxyl groups excluding tert-OH is 1. The van der Waals surface area contributed by atoms with Crippen molar-refractivity contribution in [2.24, 2.45) is 4.99 Å². The van der Waals surface area contributed by atoms with Gasteiger partial charge in [-0.3, -0.25) is 14.5 Å². The Balaban J connectivity index is 1.78. The van der Waals surface area contributed by atoms with E-state index in [0.717, 1.165) is 5.56 Å². The molecule has 0 aliphatic carbocycles. The van der Waals surface area contributed by atoms with E-state index in [9.17, 15) is 4.79 Å². The number of aromatic nitrogens is 5. The van der Waals surface area contributed by atoms with Gasteiger partial charge in [0.2, 0.25) is 0 Å². The summed E-state index contributed by atoms with van der Waals surface area (Å²) in [4.78, 5) is 20.6. The summed E-state index contributed by atoms with van der Waals surface area (Å²) >= 11 is 0. The van der Waals surface area contributed by atoms with Crippen molar-refractivity contribution in [1.82, 2.24) is 24.5 Å². The number of aliphatic imine (C=N–C) groups is 1. The van der Waals surface area contributed by atoms with Crippen LogP contribution < -0.4 is 5.73 Å². The lowest BCUT2D eigenvalue weighted by Gasteiger charge is -2.11. The Kier molecular flexibility index (Phi) is 3.62. The zero-order valence-corrected chi connectivity index (χ0v) is 13.2. The Labute approximate surface area is 142 Å². The minimum atomic E-state index is -0.000665. The fourth-order valence-corrected chi connectivity index (χ4v) is 2.74. The molecule has 4 heterocycles. The molecule has 0 saturated carbocycles. The second kappa shape index (κ2) is 5.95. The van der Waals surface area contributed by atoms with Gasteiger partial charge in [-0.25, -0.2) is 9.67 Å². The van der Waals surface area contributed by atoms with E-state index in [1.54, 1.807) is 41.8 Å². The molecule has 126 valence electrons. The van der Waals surface area contributed by atoms with Crippen molar-refractivity contribution in [2.75, 3.05) is 12.3 Å². The van der Waals surface area contributed by atoms with Crippen molar-refractivity contribution in [2.45, 2.75) is 13.0 Å². The van der Waals surface area contributed by atoms with Crippen LogP contribution in [-0.2, 0) is 6.54 Å². The van der Waals surface area contributed by atoms with E-state index < -0.39 is 0 Å². The highest BCUT2D eigenvalue weighted by atomic mass is 16.3. The van der Waals surface area contributed by atoms with E-state index in [1.807, 2.05) is 0 Å². The van der Waals surface area contributed by atoms with Crippen molar-refractivity contribution in [1.29, 1.82) is 0 Å². The molecule has 0 spiro atoms. The zero-order chi connectivity index (χ0) is 17.4. The maximum Gasteiger partial charge on any atom is 0.180 e. The van der Waals surface area contributed by atoms with Crippen LogP contribution in [0.4, 0.5) is 11.5 Å². The lowest BCUT2D eigenvalue weighted by Crippen LogP contribution is -2.09. The minimum Gasteiger partial charge on any atom is -0.394 e. The number of pyridine rings is 1. The molecule has 3 aromatic heterocycles. The average Bonchev–Trinajstić information content (AvgIpc) is 3.22. The van der Waals surface area contributed by atoms with Crippen LogP contribution in [0.2, 0.25) is 0 Å². The summed E-state index contributed by atoms with van der Waals surface area (Å²) in [6, 6.07) is 1.66. The molecule has 9 heteroatoms. The second-order valence-electron chi connectivity index (χ2n) is 5.56. The van der Waals surface area contributed by atoms with Gasteiger partial charge in [0.1, 0.15) is 5.69 Å². The van der Waals surface area contributed by atoms with Gasteiger partial charge in [0.15, 0.2) is 17.4 Å². The first-order valence-corrected chi connectivity index (χ1v) is 7.71. The Bertz CT molecular complexity index is 986.